The molecule has 2 rings (SSSR count). The zero-order chi connectivity index (χ0) is 14.0. The van der Waals surface area contributed by atoms with Crippen LogP contribution in [0.5, 0.6) is 0 Å². The number of nitrogens with one attached hydrogen (secondary N) is 1. The largest absolute Gasteiger partial charge is 0.399 e. The van der Waals surface area contributed by atoms with Gasteiger partial charge in [0.15, 0.2) is 0 Å². The van der Waals surface area contributed by atoms with Crippen molar-refractivity contribution in [3.63, 3.8) is 0 Å². The molecule has 2 aromatic rings. The van der Waals surface area contributed by atoms with Crippen LogP contribution in [-0.2, 0) is 0 Å². The van der Waals surface area contributed by atoms with Gasteiger partial charge >= 0.3 is 0 Å². The molecular formula is C14H12BrClN2O. The van der Waals surface area contributed by atoms with E-state index in [9.17, 15) is 4.79 Å². The topological polar surface area (TPSA) is 55.1 Å². The molecular weight excluding hydrogens is 328 g/mol. The molecule has 0 aromatic heterocycles. The van der Waals surface area contributed by atoms with Crippen molar-refractivity contribution in [2.24, 2.45) is 0 Å². The number of carbonyl (C=O) groups is 1. The highest BCUT2D eigenvalue weighted by molar-refractivity contribution is 9.10. The van der Waals surface area contributed by atoms with E-state index in [0.29, 0.717) is 22.0 Å². The van der Waals surface area contributed by atoms with Gasteiger partial charge in [-0.1, -0.05) is 17.7 Å². The molecule has 3 nitrogen and oxygen atoms in total. The van der Waals surface area contributed by atoms with Gasteiger partial charge in [-0.3, -0.25) is 4.79 Å². The van der Waals surface area contributed by atoms with Crippen LogP contribution >= 0.6 is 27.5 Å². The van der Waals surface area contributed by atoms with Gasteiger partial charge in [0.1, 0.15) is 0 Å². The Hall–Kier alpha value is -1.52. The van der Waals surface area contributed by atoms with E-state index in [2.05, 4.69) is 21.2 Å². The lowest BCUT2D eigenvalue weighted by atomic mass is 10.1. The maximum absolute atomic E-state index is 12.2. The summed E-state index contributed by atoms with van der Waals surface area (Å²) < 4.78 is 0.785. The van der Waals surface area contributed by atoms with Gasteiger partial charge in [0.2, 0.25) is 0 Å². The number of hydrogen-bond acceptors (Lipinski definition) is 2. The molecule has 0 bridgehead atoms. The van der Waals surface area contributed by atoms with Gasteiger partial charge in [-0.25, -0.2) is 0 Å². The first-order valence-electron chi connectivity index (χ1n) is 5.60. The molecule has 0 unspecified atom stereocenters. The lowest BCUT2D eigenvalue weighted by Crippen LogP contribution is -2.13. The maximum atomic E-state index is 12.2. The molecule has 0 spiro atoms. The fourth-order valence-corrected chi connectivity index (χ4v) is 2.08. The van der Waals surface area contributed by atoms with Gasteiger partial charge in [-0.2, -0.15) is 0 Å². The van der Waals surface area contributed by atoms with Crippen molar-refractivity contribution in [2.45, 2.75) is 6.92 Å². The lowest BCUT2D eigenvalue weighted by molar-refractivity contribution is 0.102. The van der Waals surface area contributed by atoms with Crippen LogP contribution in [0.2, 0.25) is 5.02 Å². The summed E-state index contributed by atoms with van der Waals surface area (Å²) in [6.45, 7) is 1.86. The average molecular weight is 340 g/mol. The average Bonchev–Trinajstić information content (AvgIpc) is 2.36. The fraction of sp³-hybridized carbons (Fsp3) is 0.0714. The standard InChI is InChI=1S/C14H12BrClN2O/c1-8-2-3-9(17)6-11(8)14(19)18-10-4-5-12(15)13(16)7-10/h2-7H,17H2,1H3,(H,18,19). The van der Waals surface area contributed by atoms with Crippen LogP contribution in [0.4, 0.5) is 11.4 Å². The Morgan fingerprint density at radius 3 is 2.68 bits per heavy atom. The van der Waals surface area contributed by atoms with Crippen molar-refractivity contribution in [1.82, 2.24) is 0 Å². The second-order valence-corrected chi connectivity index (χ2v) is 5.42. The number of hydrogen-bond donors (Lipinski definition) is 2. The first kappa shape index (κ1) is 13.9. The molecule has 3 N–H and O–H groups in total. The molecule has 0 fully saturated rings. The summed E-state index contributed by atoms with van der Waals surface area (Å²) in [5, 5.41) is 3.34. The summed E-state index contributed by atoms with van der Waals surface area (Å²) >= 11 is 9.28. The van der Waals surface area contributed by atoms with Crippen molar-refractivity contribution in [2.75, 3.05) is 11.1 Å². The maximum Gasteiger partial charge on any atom is 0.256 e. The number of aryl methyl sites for hydroxylation is 1. The predicted octanol–water partition coefficient (Wildman–Crippen LogP) is 4.25. The molecule has 0 atom stereocenters. The van der Waals surface area contributed by atoms with Crippen LogP contribution in [-0.4, -0.2) is 5.91 Å². The van der Waals surface area contributed by atoms with Crippen molar-refractivity contribution in [3.8, 4) is 0 Å². The lowest BCUT2D eigenvalue weighted by Gasteiger charge is -2.09. The fourth-order valence-electron chi connectivity index (χ4n) is 1.66. The summed E-state index contributed by atoms with van der Waals surface area (Å²) in [7, 11) is 0. The number of benzene rings is 2. The Balaban J connectivity index is 2.25. The Morgan fingerprint density at radius 1 is 1.26 bits per heavy atom. The third-order valence-electron chi connectivity index (χ3n) is 2.68. The molecule has 0 saturated carbocycles. The van der Waals surface area contributed by atoms with E-state index in [4.69, 9.17) is 17.3 Å². The van der Waals surface area contributed by atoms with Gasteiger partial charge in [0.05, 0.1) is 5.02 Å². The zero-order valence-electron chi connectivity index (χ0n) is 10.2. The van der Waals surface area contributed by atoms with Gasteiger partial charge in [-0.15, -0.1) is 0 Å². The van der Waals surface area contributed by atoms with Gasteiger partial charge in [0.25, 0.3) is 5.91 Å². The zero-order valence-corrected chi connectivity index (χ0v) is 12.5. The molecule has 0 saturated heterocycles. The minimum Gasteiger partial charge on any atom is -0.399 e. The predicted molar refractivity (Wildman–Crippen MR) is 82.7 cm³/mol. The molecule has 0 aliphatic heterocycles. The number of amides is 1. The number of rotatable bonds is 2. The van der Waals surface area contributed by atoms with Crippen molar-refractivity contribution in [3.05, 3.63) is 57.0 Å². The Kier molecular flexibility index (Phi) is 4.12. The summed E-state index contributed by atoms with van der Waals surface area (Å²) in [5.74, 6) is -0.205. The number of halogens is 2. The molecule has 0 heterocycles. The van der Waals surface area contributed by atoms with E-state index >= 15 is 0 Å². The van der Waals surface area contributed by atoms with Gasteiger partial charge in [0, 0.05) is 21.4 Å². The summed E-state index contributed by atoms with van der Waals surface area (Å²) in [6, 6.07) is 10.5. The van der Waals surface area contributed by atoms with E-state index in [-0.39, 0.29) is 5.91 Å². The molecule has 98 valence electrons. The third-order valence-corrected chi connectivity index (χ3v) is 3.92. The van der Waals surface area contributed by atoms with Gasteiger partial charge < -0.3 is 11.1 Å². The second kappa shape index (κ2) is 5.63. The minimum absolute atomic E-state index is 0.205. The summed E-state index contributed by atoms with van der Waals surface area (Å²) in [6.07, 6.45) is 0. The molecule has 2 aromatic carbocycles. The highest BCUT2D eigenvalue weighted by Crippen LogP contribution is 2.26. The van der Waals surface area contributed by atoms with E-state index < -0.39 is 0 Å². The Bertz CT molecular complexity index is 643. The van der Waals surface area contributed by atoms with E-state index in [0.717, 1.165) is 10.0 Å². The quantitative estimate of drug-likeness (QED) is 0.804. The van der Waals surface area contributed by atoms with Crippen LogP contribution in [0.1, 0.15) is 15.9 Å². The first-order valence-corrected chi connectivity index (χ1v) is 6.77. The summed E-state index contributed by atoms with van der Waals surface area (Å²) in [5.41, 5.74) is 8.32. The number of anilines is 2. The minimum atomic E-state index is -0.205. The molecule has 19 heavy (non-hydrogen) atoms. The van der Waals surface area contributed by atoms with Gasteiger partial charge in [-0.05, 0) is 58.7 Å². The number of carbonyl (C=O) groups excluding carboxylic acids is 1. The third kappa shape index (κ3) is 3.28. The first-order chi connectivity index (χ1) is 8.97. The van der Waals surface area contributed by atoms with Crippen LogP contribution in [0.3, 0.4) is 0 Å². The number of nitrogens with two attached hydrogens (primary N) is 1. The Labute approximate surface area is 124 Å². The van der Waals surface area contributed by atoms with Crippen LogP contribution in [0.25, 0.3) is 0 Å². The van der Waals surface area contributed by atoms with E-state index in [1.807, 2.05) is 13.0 Å². The van der Waals surface area contributed by atoms with Crippen molar-refractivity contribution < 1.29 is 4.79 Å². The van der Waals surface area contributed by atoms with E-state index in [1.54, 1.807) is 30.3 Å². The molecule has 1 amide bonds. The smallest absolute Gasteiger partial charge is 0.256 e. The highest BCUT2D eigenvalue weighted by Gasteiger charge is 2.10. The molecule has 5 heteroatoms. The monoisotopic (exact) mass is 338 g/mol. The van der Waals surface area contributed by atoms with Crippen molar-refractivity contribution in [1.29, 1.82) is 0 Å². The second-order valence-electron chi connectivity index (χ2n) is 4.16. The normalized spacial score (nSPS) is 10.3. The van der Waals surface area contributed by atoms with Crippen LogP contribution in [0, 0.1) is 6.92 Å². The Morgan fingerprint density at radius 2 is 2.00 bits per heavy atom. The van der Waals surface area contributed by atoms with Crippen LogP contribution in [0.15, 0.2) is 40.9 Å². The van der Waals surface area contributed by atoms with Crippen LogP contribution < -0.4 is 11.1 Å². The summed E-state index contributed by atoms with van der Waals surface area (Å²) in [4.78, 5) is 12.2. The molecule has 0 aliphatic carbocycles. The van der Waals surface area contributed by atoms with Crippen molar-refractivity contribution >= 4 is 44.8 Å². The van der Waals surface area contributed by atoms with E-state index in [1.165, 1.54) is 0 Å². The highest BCUT2D eigenvalue weighted by atomic mass is 79.9. The molecule has 0 radical (unpaired) electrons. The molecule has 0 aliphatic rings. The number of nitrogen functional groups attached to an aromatic ring is 1. The SMILES string of the molecule is Cc1ccc(N)cc1C(=O)Nc1ccc(Br)c(Cl)c1.